The van der Waals surface area contributed by atoms with Crippen LogP contribution in [0.3, 0.4) is 0 Å². The van der Waals surface area contributed by atoms with Crippen molar-refractivity contribution in [3.8, 4) is 0 Å². The van der Waals surface area contributed by atoms with Crippen molar-refractivity contribution in [1.82, 2.24) is 8.61 Å². The second-order valence-electron chi connectivity index (χ2n) is 4.01. The highest BCUT2D eigenvalue weighted by molar-refractivity contribution is 7.86. The van der Waals surface area contributed by atoms with Crippen molar-refractivity contribution in [3.63, 3.8) is 0 Å². The third-order valence-electron chi connectivity index (χ3n) is 2.71. The lowest BCUT2D eigenvalue weighted by molar-refractivity contribution is -0.146. The lowest BCUT2D eigenvalue weighted by Crippen LogP contribution is -2.47. The van der Waals surface area contributed by atoms with Crippen molar-refractivity contribution in [2.45, 2.75) is 12.8 Å². The van der Waals surface area contributed by atoms with Crippen LogP contribution in [0.5, 0.6) is 0 Å². The maximum Gasteiger partial charge on any atom is 0.309 e. The molecule has 1 rings (SSSR count). The number of rotatable bonds is 3. The fourth-order valence-electron chi connectivity index (χ4n) is 1.74. The zero-order chi connectivity index (χ0) is 12.3. The van der Waals surface area contributed by atoms with Gasteiger partial charge in [-0.3, -0.25) is 4.79 Å². The van der Waals surface area contributed by atoms with Gasteiger partial charge in [0.05, 0.1) is 13.0 Å². The number of nitrogens with zero attached hydrogens (tertiary/aromatic N) is 2. The molecule has 0 aliphatic carbocycles. The summed E-state index contributed by atoms with van der Waals surface area (Å²) in [6, 6.07) is 0. The molecule has 0 aromatic carbocycles. The Morgan fingerprint density at radius 2 is 2.06 bits per heavy atom. The van der Waals surface area contributed by atoms with Crippen LogP contribution in [-0.2, 0) is 19.7 Å². The normalized spacial score (nSPS) is 23.4. The van der Waals surface area contributed by atoms with Gasteiger partial charge in [-0.25, -0.2) is 0 Å². The quantitative estimate of drug-likeness (QED) is 0.644. The van der Waals surface area contributed by atoms with E-state index in [1.165, 1.54) is 25.5 Å². The van der Waals surface area contributed by atoms with Crippen LogP contribution in [-0.4, -0.2) is 57.3 Å². The minimum atomic E-state index is -3.42. The standard InChI is InChI=1S/C9H18N2O4S/c1-10(2)16(13,14)11-6-4-5-8(7-11)9(12)15-3/h8H,4-7H2,1-3H3/t8-/m0/s1. The molecule has 94 valence electrons. The van der Waals surface area contributed by atoms with Crippen molar-refractivity contribution in [2.24, 2.45) is 5.92 Å². The van der Waals surface area contributed by atoms with E-state index in [-0.39, 0.29) is 18.4 Å². The van der Waals surface area contributed by atoms with Crippen LogP contribution >= 0.6 is 0 Å². The maximum atomic E-state index is 11.8. The fourth-order valence-corrected chi connectivity index (χ4v) is 2.93. The molecule has 6 nitrogen and oxygen atoms in total. The highest BCUT2D eigenvalue weighted by Gasteiger charge is 2.33. The minimum Gasteiger partial charge on any atom is -0.469 e. The molecule has 0 saturated carbocycles. The van der Waals surface area contributed by atoms with Gasteiger partial charge >= 0.3 is 5.97 Å². The Kier molecular flexibility index (Phi) is 4.28. The van der Waals surface area contributed by atoms with Crippen LogP contribution in [0.15, 0.2) is 0 Å². The summed E-state index contributed by atoms with van der Waals surface area (Å²) in [4.78, 5) is 11.4. The topological polar surface area (TPSA) is 66.9 Å². The van der Waals surface area contributed by atoms with Crippen LogP contribution in [0.2, 0.25) is 0 Å². The smallest absolute Gasteiger partial charge is 0.309 e. The highest BCUT2D eigenvalue weighted by atomic mass is 32.2. The summed E-state index contributed by atoms with van der Waals surface area (Å²) >= 11 is 0. The van der Waals surface area contributed by atoms with Gasteiger partial charge in [0.1, 0.15) is 0 Å². The summed E-state index contributed by atoms with van der Waals surface area (Å²) in [5.41, 5.74) is 0. The summed E-state index contributed by atoms with van der Waals surface area (Å²) in [7, 11) is 0.872. The van der Waals surface area contributed by atoms with Gasteiger partial charge in [0, 0.05) is 27.2 Å². The van der Waals surface area contributed by atoms with E-state index in [2.05, 4.69) is 4.74 Å². The first-order valence-corrected chi connectivity index (χ1v) is 6.54. The molecule has 0 unspecified atom stereocenters. The van der Waals surface area contributed by atoms with Crippen LogP contribution in [0, 0.1) is 5.92 Å². The number of esters is 1. The molecule has 1 fully saturated rings. The average molecular weight is 250 g/mol. The number of hydrogen-bond acceptors (Lipinski definition) is 4. The van der Waals surface area contributed by atoms with E-state index >= 15 is 0 Å². The largest absolute Gasteiger partial charge is 0.469 e. The van der Waals surface area contributed by atoms with Crippen molar-refractivity contribution < 1.29 is 17.9 Å². The summed E-state index contributed by atoms with van der Waals surface area (Å²) in [5, 5.41) is 0. The SMILES string of the molecule is COC(=O)[C@H]1CCCN(S(=O)(=O)N(C)C)C1. The Balaban J connectivity index is 2.75. The third kappa shape index (κ3) is 2.72. The molecule has 1 heterocycles. The Morgan fingerprint density at radius 3 is 2.56 bits per heavy atom. The molecule has 0 spiro atoms. The molecular weight excluding hydrogens is 232 g/mol. The van der Waals surface area contributed by atoms with E-state index in [1.54, 1.807) is 0 Å². The lowest BCUT2D eigenvalue weighted by Gasteiger charge is -2.32. The third-order valence-corrected chi connectivity index (χ3v) is 4.61. The van der Waals surface area contributed by atoms with E-state index in [0.29, 0.717) is 19.4 Å². The molecule has 0 aromatic rings. The molecule has 1 aliphatic heterocycles. The molecular formula is C9H18N2O4S. The van der Waals surface area contributed by atoms with Crippen LogP contribution in [0.25, 0.3) is 0 Å². The van der Waals surface area contributed by atoms with Gasteiger partial charge in [-0.05, 0) is 12.8 Å². The van der Waals surface area contributed by atoms with Crippen LogP contribution in [0.1, 0.15) is 12.8 Å². The predicted octanol–water partition coefficient (Wildman–Crippen LogP) is -0.322. The zero-order valence-corrected chi connectivity index (χ0v) is 10.7. The van der Waals surface area contributed by atoms with Gasteiger partial charge in [0.15, 0.2) is 0 Å². The minimum absolute atomic E-state index is 0.215. The molecule has 0 bridgehead atoms. The zero-order valence-electron chi connectivity index (χ0n) is 9.84. The predicted molar refractivity (Wildman–Crippen MR) is 58.9 cm³/mol. The summed E-state index contributed by atoms with van der Waals surface area (Å²) in [6.07, 6.45) is 1.37. The van der Waals surface area contributed by atoms with Gasteiger partial charge in [-0.15, -0.1) is 0 Å². The van der Waals surface area contributed by atoms with E-state index < -0.39 is 10.2 Å². The van der Waals surface area contributed by atoms with E-state index in [0.717, 1.165) is 4.31 Å². The van der Waals surface area contributed by atoms with E-state index in [1.807, 2.05) is 0 Å². The number of carbonyl (C=O) groups is 1. The average Bonchev–Trinajstić information content (AvgIpc) is 2.28. The van der Waals surface area contributed by atoms with Gasteiger partial charge in [-0.1, -0.05) is 0 Å². The number of ether oxygens (including phenoxy) is 1. The van der Waals surface area contributed by atoms with Crippen LogP contribution < -0.4 is 0 Å². The number of carbonyl (C=O) groups excluding carboxylic acids is 1. The van der Waals surface area contributed by atoms with E-state index in [4.69, 9.17) is 0 Å². The van der Waals surface area contributed by atoms with Gasteiger partial charge in [0.2, 0.25) is 0 Å². The van der Waals surface area contributed by atoms with Gasteiger partial charge in [0.25, 0.3) is 10.2 Å². The van der Waals surface area contributed by atoms with Crippen molar-refractivity contribution in [2.75, 3.05) is 34.3 Å². The fraction of sp³-hybridized carbons (Fsp3) is 0.889. The molecule has 16 heavy (non-hydrogen) atoms. The summed E-state index contributed by atoms with van der Waals surface area (Å²) < 4.78 is 30.8. The van der Waals surface area contributed by atoms with Crippen molar-refractivity contribution in [3.05, 3.63) is 0 Å². The summed E-state index contributed by atoms with van der Waals surface area (Å²) in [6.45, 7) is 0.682. The van der Waals surface area contributed by atoms with Crippen LogP contribution in [0.4, 0.5) is 0 Å². The first-order chi connectivity index (χ1) is 7.39. The lowest BCUT2D eigenvalue weighted by atomic mass is 10.0. The molecule has 1 aliphatic rings. The Hall–Kier alpha value is -0.660. The highest BCUT2D eigenvalue weighted by Crippen LogP contribution is 2.20. The molecule has 7 heteroatoms. The van der Waals surface area contributed by atoms with Gasteiger partial charge < -0.3 is 4.74 Å². The molecule has 0 amide bonds. The van der Waals surface area contributed by atoms with Crippen molar-refractivity contribution >= 4 is 16.2 Å². The first-order valence-electron chi connectivity index (χ1n) is 5.15. The van der Waals surface area contributed by atoms with Crippen molar-refractivity contribution in [1.29, 1.82) is 0 Å². The second-order valence-corrected chi connectivity index (χ2v) is 6.15. The summed E-state index contributed by atoms with van der Waals surface area (Å²) in [5.74, 6) is -0.674. The maximum absolute atomic E-state index is 11.8. The Labute approximate surface area is 96.3 Å². The first kappa shape index (κ1) is 13.4. The molecule has 0 radical (unpaired) electrons. The Morgan fingerprint density at radius 1 is 1.44 bits per heavy atom. The monoisotopic (exact) mass is 250 g/mol. The Bertz CT molecular complexity index is 353. The molecule has 1 atom stereocenters. The second kappa shape index (κ2) is 5.11. The van der Waals surface area contributed by atoms with Gasteiger partial charge in [-0.2, -0.15) is 17.0 Å². The number of methoxy groups -OCH3 is 1. The molecule has 1 saturated heterocycles. The number of hydrogen-bond donors (Lipinski definition) is 0. The molecule has 0 aromatic heterocycles. The number of piperidine rings is 1. The van der Waals surface area contributed by atoms with E-state index in [9.17, 15) is 13.2 Å². The molecule has 0 N–H and O–H groups in total.